The topological polar surface area (TPSA) is 52.6 Å². The van der Waals surface area contributed by atoms with Gasteiger partial charge in [0, 0.05) is 13.8 Å². The fourth-order valence-corrected chi connectivity index (χ4v) is 1.33. The Balaban J connectivity index is 3.91. The van der Waals surface area contributed by atoms with Crippen LogP contribution in [0.25, 0.3) is 0 Å². The van der Waals surface area contributed by atoms with Crippen LogP contribution >= 0.6 is 0 Å². The maximum Gasteiger partial charge on any atom is 0.305 e. The van der Waals surface area contributed by atoms with Gasteiger partial charge in [-0.3, -0.25) is 9.59 Å². The van der Waals surface area contributed by atoms with Crippen molar-refractivity contribution < 1.29 is 19.1 Å². The molecule has 17 heavy (non-hydrogen) atoms. The maximum atomic E-state index is 10.8. The first-order valence-electron chi connectivity index (χ1n) is 6.07. The van der Waals surface area contributed by atoms with Crippen molar-refractivity contribution >= 4 is 11.9 Å². The summed E-state index contributed by atoms with van der Waals surface area (Å²) in [4.78, 5) is 21.5. The van der Waals surface area contributed by atoms with Crippen molar-refractivity contribution in [2.24, 2.45) is 0 Å². The number of esters is 2. The molecule has 0 bridgehead atoms. The number of hydrogen-bond acceptors (Lipinski definition) is 4. The first-order valence-corrected chi connectivity index (χ1v) is 6.07. The SMILES string of the molecule is CCCCCC/C=C/C(OC(C)=O)OC(C)=O. The van der Waals surface area contributed by atoms with Gasteiger partial charge in [-0.25, -0.2) is 0 Å². The summed E-state index contributed by atoms with van der Waals surface area (Å²) < 4.78 is 9.64. The predicted molar refractivity (Wildman–Crippen MR) is 65.2 cm³/mol. The molecular formula is C13H22O4. The Hall–Kier alpha value is -1.32. The van der Waals surface area contributed by atoms with Crippen LogP contribution in [0.5, 0.6) is 0 Å². The molecule has 98 valence electrons. The van der Waals surface area contributed by atoms with Crippen molar-refractivity contribution in [2.75, 3.05) is 0 Å². The Morgan fingerprint density at radius 2 is 1.65 bits per heavy atom. The Bertz CT molecular complexity index is 242. The number of allylic oxidation sites excluding steroid dienone is 1. The molecule has 0 aromatic heterocycles. The molecule has 0 spiro atoms. The molecule has 0 atom stereocenters. The molecule has 0 heterocycles. The van der Waals surface area contributed by atoms with E-state index in [1.165, 1.54) is 33.1 Å². The summed E-state index contributed by atoms with van der Waals surface area (Å²) in [6.45, 7) is 4.73. The summed E-state index contributed by atoms with van der Waals surface area (Å²) in [6, 6.07) is 0. The van der Waals surface area contributed by atoms with Gasteiger partial charge < -0.3 is 9.47 Å². The van der Waals surface area contributed by atoms with Crippen molar-refractivity contribution in [3.63, 3.8) is 0 Å². The molecule has 0 aliphatic carbocycles. The van der Waals surface area contributed by atoms with E-state index in [1.54, 1.807) is 6.08 Å². The molecule has 0 unspecified atom stereocenters. The molecule has 0 fully saturated rings. The minimum Gasteiger partial charge on any atom is -0.421 e. The minimum absolute atomic E-state index is 0.466. The summed E-state index contributed by atoms with van der Waals surface area (Å²) >= 11 is 0. The average Bonchev–Trinajstić information content (AvgIpc) is 2.21. The second-order valence-electron chi connectivity index (χ2n) is 3.86. The molecule has 0 amide bonds. The Kier molecular flexibility index (Phi) is 9.11. The molecule has 0 rings (SSSR count). The fraction of sp³-hybridized carbons (Fsp3) is 0.692. The number of unbranched alkanes of at least 4 members (excludes halogenated alkanes) is 4. The Morgan fingerprint density at radius 3 is 2.12 bits per heavy atom. The second kappa shape index (κ2) is 9.87. The molecule has 4 nitrogen and oxygen atoms in total. The zero-order valence-corrected chi connectivity index (χ0v) is 10.9. The van der Waals surface area contributed by atoms with E-state index >= 15 is 0 Å². The van der Waals surface area contributed by atoms with Crippen LogP contribution in [0.3, 0.4) is 0 Å². The van der Waals surface area contributed by atoms with Gasteiger partial charge in [-0.05, 0) is 18.9 Å². The molecule has 0 saturated carbocycles. The largest absolute Gasteiger partial charge is 0.421 e. The third-order valence-corrected chi connectivity index (χ3v) is 2.08. The molecular weight excluding hydrogens is 220 g/mol. The van der Waals surface area contributed by atoms with Crippen molar-refractivity contribution in [1.29, 1.82) is 0 Å². The standard InChI is InChI=1S/C13H22O4/c1-4-5-6-7-8-9-10-13(16-11(2)14)17-12(3)15/h9-10,13H,4-8H2,1-3H3/b10-9+. The Morgan fingerprint density at radius 1 is 1.06 bits per heavy atom. The third-order valence-electron chi connectivity index (χ3n) is 2.08. The van der Waals surface area contributed by atoms with Crippen LogP contribution < -0.4 is 0 Å². The van der Waals surface area contributed by atoms with Gasteiger partial charge in [0.25, 0.3) is 6.29 Å². The van der Waals surface area contributed by atoms with Crippen molar-refractivity contribution in [3.8, 4) is 0 Å². The molecule has 4 heteroatoms. The van der Waals surface area contributed by atoms with E-state index in [-0.39, 0.29) is 0 Å². The molecule has 0 aliphatic rings. The van der Waals surface area contributed by atoms with E-state index in [0.717, 1.165) is 12.8 Å². The highest BCUT2D eigenvalue weighted by Crippen LogP contribution is 2.05. The molecule has 0 aliphatic heterocycles. The van der Waals surface area contributed by atoms with Crippen LogP contribution in [0, 0.1) is 0 Å². The highest BCUT2D eigenvalue weighted by atomic mass is 16.7. The van der Waals surface area contributed by atoms with E-state index in [1.807, 2.05) is 6.08 Å². The van der Waals surface area contributed by atoms with Crippen LogP contribution in [-0.4, -0.2) is 18.2 Å². The minimum atomic E-state index is -0.892. The number of carbonyl (C=O) groups is 2. The quantitative estimate of drug-likeness (QED) is 0.284. The number of carbonyl (C=O) groups excluding carboxylic acids is 2. The van der Waals surface area contributed by atoms with E-state index in [4.69, 9.17) is 9.47 Å². The first-order chi connectivity index (χ1) is 8.06. The molecule has 0 radical (unpaired) electrons. The van der Waals surface area contributed by atoms with Gasteiger partial charge in [0.2, 0.25) is 0 Å². The van der Waals surface area contributed by atoms with Crippen molar-refractivity contribution in [3.05, 3.63) is 12.2 Å². The van der Waals surface area contributed by atoms with E-state index < -0.39 is 18.2 Å². The molecule has 0 N–H and O–H groups in total. The van der Waals surface area contributed by atoms with Crippen molar-refractivity contribution in [2.45, 2.75) is 59.2 Å². The van der Waals surface area contributed by atoms with Crippen LogP contribution in [0.1, 0.15) is 52.9 Å². The number of rotatable bonds is 8. The van der Waals surface area contributed by atoms with Crippen LogP contribution in [0.4, 0.5) is 0 Å². The molecule has 0 saturated heterocycles. The van der Waals surface area contributed by atoms with E-state index in [0.29, 0.717) is 0 Å². The second-order valence-corrected chi connectivity index (χ2v) is 3.86. The van der Waals surface area contributed by atoms with Crippen molar-refractivity contribution in [1.82, 2.24) is 0 Å². The smallest absolute Gasteiger partial charge is 0.305 e. The first kappa shape index (κ1) is 15.7. The van der Waals surface area contributed by atoms with E-state index in [9.17, 15) is 9.59 Å². The fourth-order valence-electron chi connectivity index (χ4n) is 1.33. The number of hydrogen-bond donors (Lipinski definition) is 0. The van der Waals surface area contributed by atoms with E-state index in [2.05, 4.69) is 6.92 Å². The lowest BCUT2D eigenvalue weighted by Gasteiger charge is -2.12. The van der Waals surface area contributed by atoms with Gasteiger partial charge in [0.15, 0.2) is 0 Å². The summed E-state index contributed by atoms with van der Waals surface area (Å²) in [5.74, 6) is -0.932. The summed E-state index contributed by atoms with van der Waals surface area (Å²) in [6.07, 6.45) is 8.21. The van der Waals surface area contributed by atoms with Crippen LogP contribution in [0.15, 0.2) is 12.2 Å². The third kappa shape index (κ3) is 11.0. The lowest BCUT2D eigenvalue weighted by atomic mass is 10.1. The van der Waals surface area contributed by atoms with Gasteiger partial charge in [-0.1, -0.05) is 32.3 Å². The highest BCUT2D eigenvalue weighted by Gasteiger charge is 2.10. The molecule has 0 aromatic rings. The Labute approximate surface area is 103 Å². The van der Waals surface area contributed by atoms with Gasteiger partial charge in [-0.15, -0.1) is 0 Å². The lowest BCUT2D eigenvalue weighted by Crippen LogP contribution is -2.20. The average molecular weight is 242 g/mol. The monoisotopic (exact) mass is 242 g/mol. The summed E-state index contributed by atoms with van der Waals surface area (Å²) in [7, 11) is 0. The van der Waals surface area contributed by atoms with Crippen LogP contribution in [-0.2, 0) is 19.1 Å². The zero-order chi connectivity index (χ0) is 13.1. The zero-order valence-electron chi connectivity index (χ0n) is 10.9. The van der Waals surface area contributed by atoms with Gasteiger partial charge in [-0.2, -0.15) is 0 Å². The summed E-state index contributed by atoms with van der Waals surface area (Å²) in [5, 5.41) is 0. The molecule has 0 aromatic carbocycles. The lowest BCUT2D eigenvalue weighted by molar-refractivity contribution is -0.176. The normalized spacial score (nSPS) is 10.8. The number of ether oxygens (including phenoxy) is 2. The highest BCUT2D eigenvalue weighted by molar-refractivity contribution is 5.68. The van der Waals surface area contributed by atoms with Crippen LogP contribution in [0.2, 0.25) is 0 Å². The summed E-state index contributed by atoms with van der Waals surface area (Å²) in [5.41, 5.74) is 0. The maximum absolute atomic E-state index is 10.8. The van der Waals surface area contributed by atoms with Gasteiger partial charge >= 0.3 is 11.9 Å². The van der Waals surface area contributed by atoms with Gasteiger partial charge in [0.05, 0.1) is 0 Å². The predicted octanol–water partition coefficient (Wildman–Crippen LogP) is 2.97. The van der Waals surface area contributed by atoms with Gasteiger partial charge in [0.1, 0.15) is 0 Å².